The molecule has 13 heteroatoms. The lowest BCUT2D eigenvalue weighted by Gasteiger charge is -2.23. The molecular formula is C28H20N4O7S2. The minimum atomic E-state index is -1.19. The number of Topliss-reactive ketones (excluding diaryl/α,β-unsaturated/α-hetero) is 1. The first-order chi connectivity index (χ1) is 19.9. The summed E-state index contributed by atoms with van der Waals surface area (Å²) in [5, 5.41) is 31.5. The van der Waals surface area contributed by atoms with Crippen LogP contribution in [0.15, 0.2) is 82.7 Å². The molecule has 6 rings (SSSR count). The Labute approximate surface area is 241 Å². The fourth-order valence-corrected chi connectivity index (χ4v) is 6.40. The number of nitro benzene ring substituents is 1. The zero-order chi connectivity index (χ0) is 28.5. The fraction of sp³-hybridized carbons (Fsp3) is 0.143. The second-order valence-corrected chi connectivity index (χ2v) is 11.2. The van der Waals surface area contributed by atoms with Crippen molar-refractivity contribution in [3.63, 3.8) is 0 Å². The predicted molar refractivity (Wildman–Crippen MR) is 151 cm³/mol. The molecule has 1 atom stereocenters. The Balaban J connectivity index is 1.43. The van der Waals surface area contributed by atoms with E-state index in [-0.39, 0.29) is 27.5 Å². The molecule has 1 unspecified atom stereocenters. The summed E-state index contributed by atoms with van der Waals surface area (Å²) in [7, 11) is 0. The molecule has 1 N–H and O–H groups in total. The second-order valence-electron chi connectivity index (χ2n) is 9.00. The van der Waals surface area contributed by atoms with E-state index in [4.69, 9.17) is 9.47 Å². The standard InChI is InChI=1S/C28H20N4O7S2/c33-24(18-9-10-20-21(14-18)39-12-11-38-20)22-23(17-7-4-8-19(13-17)32(36)37)31(26(35)25(22)34)27-29-30-28(41-27)40-15-16-5-2-1-3-6-16/h1-10,13-14,23,33H,11-12,15H2/b24-22+. The maximum atomic E-state index is 13.5. The van der Waals surface area contributed by atoms with E-state index >= 15 is 0 Å². The highest BCUT2D eigenvalue weighted by atomic mass is 32.2. The third-order valence-corrected chi connectivity index (χ3v) is 8.59. The molecule has 1 fully saturated rings. The number of aliphatic hydroxyl groups is 1. The number of hydrogen-bond acceptors (Lipinski definition) is 11. The second kappa shape index (κ2) is 11.0. The van der Waals surface area contributed by atoms with Crippen LogP contribution in [0.5, 0.6) is 11.5 Å². The molecule has 4 aromatic rings. The lowest BCUT2D eigenvalue weighted by molar-refractivity contribution is -0.384. The average molecular weight is 589 g/mol. The predicted octanol–water partition coefficient (Wildman–Crippen LogP) is 5.14. The van der Waals surface area contributed by atoms with Crippen LogP contribution in [0.3, 0.4) is 0 Å². The summed E-state index contributed by atoms with van der Waals surface area (Å²) < 4.78 is 11.7. The van der Waals surface area contributed by atoms with Crippen molar-refractivity contribution in [3.8, 4) is 11.5 Å². The number of carbonyl (C=O) groups excluding carboxylic acids is 2. The van der Waals surface area contributed by atoms with Gasteiger partial charge in [-0.1, -0.05) is 65.6 Å². The molecule has 2 aliphatic heterocycles. The van der Waals surface area contributed by atoms with Gasteiger partial charge >= 0.3 is 5.91 Å². The molecule has 206 valence electrons. The Morgan fingerprint density at radius 3 is 2.59 bits per heavy atom. The largest absolute Gasteiger partial charge is 0.507 e. The molecule has 2 aliphatic rings. The molecule has 1 amide bonds. The molecule has 11 nitrogen and oxygen atoms in total. The lowest BCUT2D eigenvalue weighted by atomic mass is 9.95. The molecule has 0 bridgehead atoms. The number of rotatable bonds is 7. The molecule has 1 aromatic heterocycles. The van der Waals surface area contributed by atoms with Crippen molar-refractivity contribution >= 4 is 51.4 Å². The first kappa shape index (κ1) is 26.5. The smallest absolute Gasteiger partial charge is 0.301 e. The van der Waals surface area contributed by atoms with Crippen LogP contribution in [-0.4, -0.2) is 45.1 Å². The van der Waals surface area contributed by atoms with Gasteiger partial charge in [0.25, 0.3) is 11.5 Å². The number of aromatic nitrogens is 2. The van der Waals surface area contributed by atoms with Crippen molar-refractivity contribution in [2.75, 3.05) is 18.1 Å². The van der Waals surface area contributed by atoms with E-state index in [9.17, 15) is 24.8 Å². The zero-order valence-electron chi connectivity index (χ0n) is 21.1. The fourth-order valence-electron chi connectivity index (χ4n) is 4.58. The summed E-state index contributed by atoms with van der Waals surface area (Å²) in [4.78, 5) is 39.1. The van der Waals surface area contributed by atoms with Crippen molar-refractivity contribution in [2.45, 2.75) is 16.1 Å². The highest BCUT2D eigenvalue weighted by Crippen LogP contribution is 2.45. The molecule has 3 heterocycles. The highest BCUT2D eigenvalue weighted by molar-refractivity contribution is 8.00. The van der Waals surface area contributed by atoms with E-state index in [1.54, 1.807) is 18.2 Å². The Kier molecular flexibility index (Phi) is 7.12. The van der Waals surface area contributed by atoms with Crippen LogP contribution in [0.2, 0.25) is 0 Å². The van der Waals surface area contributed by atoms with Crippen LogP contribution >= 0.6 is 23.1 Å². The number of aliphatic hydroxyl groups excluding tert-OH is 1. The SMILES string of the molecule is O=C1C(=O)N(c2nnc(SCc3ccccc3)s2)C(c2cccc([N+](=O)[O-])c2)/C1=C(\O)c1ccc2c(c1)OCCO2. The van der Waals surface area contributed by atoms with Crippen LogP contribution in [0.1, 0.15) is 22.7 Å². The summed E-state index contributed by atoms with van der Waals surface area (Å²) in [6.45, 7) is 0.695. The number of fused-ring (bicyclic) bond motifs is 1. The van der Waals surface area contributed by atoms with Gasteiger partial charge in [-0.05, 0) is 29.3 Å². The van der Waals surface area contributed by atoms with Gasteiger partial charge in [-0.25, -0.2) is 0 Å². The van der Waals surface area contributed by atoms with Gasteiger partial charge in [-0.2, -0.15) is 0 Å². The number of benzene rings is 3. The first-order valence-electron chi connectivity index (χ1n) is 12.4. The van der Waals surface area contributed by atoms with Crippen LogP contribution in [0.25, 0.3) is 5.76 Å². The quantitative estimate of drug-likeness (QED) is 0.0586. The lowest BCUT2D eigenvalue weighted by Crippen LogP contribution is -2.29. The number of amides is 1. The van der Waals surface area contributed by atoms with Crippen LogP contribution < -0.4 is 14.4 Å². The highest BCUT2D eigenvalue weighted by Gasteiger charge is 2.48. The van der Waals surface area contributed by atoms with Crippen LogP contribution in [-0.2, 0) is 15.3 Å². The van der Waals surface area contributed by atoms with E-state index < -0.39 is 28.4 Å². The maximum absolute atomic E-state index is 13.5. The number of hydrogen-bond donors (Lipinski definition) is 1. The van der Waals surface area contributed by atoms with Crippen molar-refractivity contribution < 1.29 is 29.1 Å². The Hall–Kier alpha value is -4.75. The van der Waals surface area contributed by atoms with Gasteiger partial charge in [0.2, 0.25) is 5.13 Å². The van der Waals surface area contributed by atoms with Gasteiger partial charge in [0.15, 0.2) is 15.8 Å². The maximum Gasteiger partial charge on any atom is 0.301 e. The van der Waals surface area contributed by atoms with Gasteiger partial charge in [0, 0.05) is 23.4 Å². The number of ketones is 1. The Morgan fingerprint density at radius 1 is 1.02 bits per heavy atom. The molecule has 1 saturated heterocycles. The van der Waals surface area contributed by atoms with E-state index in [1.807, 2.05) is 30.3 Å². The Bertz CT molecular complexity index is 1710. The minimum Gasteiger partial charge on any atom is -0.507 e. The minimum absolute atomic E-state index is 0.125. The summed E-state index contributed by atoms with van der Waals surface area (Å²) in [6.07, 6.45) is 0. The third-order valence-electron chi connectivity index (χ3n) is 6.46. The van der Waals surface area contributed by atoms with E-state index in [1.165, 1.54) is 36.0 Å². The molecular weight excluding hydrogens is 568 g/mol. The summed E-state index contributed by atoms with van der Waals surface area (Å²) in [5.74, 6) is -0.864. The number of nitrogens with zero attached hydrogens (tertiary/aromatic N) is 4. The number of thioether (sulfide) groups is 1. The van der Waals surface area contributed by atoms with E-state index in [2.05, 4.69) is 10.2 Å². The first-order valence-corrected chi connectivity index (χ1v) is 14.2. The third kappa shape index (κ3) is 5.12. The van der Waals surface area contributed by atoms with Crippen molar-refractivity contribution in [1.82, 2.24) is 10.2 Å². The number of ether oxygens (including phenoxy) is 2. The van der Waals surface area contributed by atoms with Gasteiger partial charge in [-0.15, -0.1) is 10.2 Å². The molecule has 0 aliphatic carbocycles. The molecule has 0 spiro atoms. The van der Waals surface area contributed by atoms with Crippen LogP contribution in [0.4, 0.5) is 10.8 Å². The van der Waals surface area contributed by atoms with Crippen molar-refractivity contribution in [1.29, 1.82) is 0 Å². The van der Waals surface area contributed by atoms with Gasteiger partial charge in [-0.3, -0.25) is 24.6 Å². The molecule has 0 saturated carbocycles. The molecule has 3 aromatic carbocycles. The van der Waals surface area contributed by atoms with E-state index in [0.29, 0.717) is 34.8 Å². The van der Waals surface area contributed by atoms with Crippen LogP contribution in [0, 0.1) is 10.1 Å². The summed E-state index contributed by atoms with van der Waals surface area (Å²) in [5.41, 5.74) is 1.08. The summed E-state index contributed by atoms with van der Waals surface area (Å²) >= 11 is 2.53. The topological polar surface area (TPSA) is 145 Å². The zero-order valence-corrected chi connectivity index (χ0v) is 22.8. The van der Waals surface area contributed by atoms with E-state index in [0.717, 1.165) is 21.8 Å². The normalized spacial score (nSPS) is 17.6. The average Bonchev–Trinajstić information content (AvgIpc) is 3.57. The Morgan fingerprint density at radius 2 is 1.80 bits per heavy atom. The van der Waals surface area contributed by atoms with Crippen molar-refractivity contribution in [3.05, 3.63) is 105 Å². The summed E-state index contributed by atoms with van der Waals surface area (Å²) in [6, 6.07) is 18.8. The molecule has 41 heavy (non-hydrogen) atoms. The van der Waals surface area contributed by atoms with Crippen molar-refractivity contribution in [2.24, 2.45) is 0 Å². The number of nitro groups is 1. The monoisotopic (exact) mass is 588 g/mol. The number of non-ortho nitro benzene ring substituents is 1. The number of carbonyl (C=O) groups is 2. The molecule has 0 radical (unpaired) electrons. The number of anilines is 1. The van der Waals surface area contributed by atoms with Gasteiger partial charge in [0.05, 0.1) is 16.5 Å². The van der Waals surface area contributed by atoms with Gasteiger partial charge < -0.3 is 14.6 Å². The van der Waals surface area contributed by atoms with Gasteiger partial charge in [0.1, 0.15) is 19.0 Å².